The van der Waals surface area contributed by atoms with E-state index in [4.69, 9.17) is 0 Å². The van der Waals surface area contributed by atoms with Crippen molar-refractivity contribution in [1.29, 1.82) is 0 Å². The predicted molar refractivity (Wildman–Crippen MR) is 245 cm³/mol. The predicted octanol–water partition coefficient (Wildman–Crippen LogP) is 14.1. The maximum absolute atomic E-state index is 4.62. The van der Waals surface area contributed by atoms with E-state index in [2.05, 4.69) is 188 Å². The first-order valence-electron chi connectivity index (χ1n) is 20.1. The molecule has 0 atom stereocenters. The number of benzene rings is 7. The molecule has 6 heteroatoms. The molecule has 11 rings (SSSR count). The van der Waals surface area contributed by atoms with E-state index in [-0.39, 0.29) is 21.1 Å². The van der Waals surface area contributed by atoms with Crippen molar-refractivity contribution in [3.05, 3.63) is 213 Å². The van der Waals surface area contributed by atoms with Gasteiger partial charge in [0.1, 0.15) is 0 Å². The molecule has 0 aliphatic heterocycles. The quantitative estimate of drug-likeness (QED) is 0.149. The van der Waals surface area contributed by atoms with Crippen molar-refractivity contribution < 1.29 is 21.1 Å². The van der Waals surface area contributed by atoms with Crippen molar-refractivity contribution in [2.75, 3.05) is 4.90 Å². The van der Waals surface area contributed by atoms with Gasteiger partial charge in [-0.1, -0.05) is 92.7 Å². The second-order valence-corrected chi connectivity index (χ2v) is 14.1. The molecule has 0 unspecified atom stereocenters. The van der Waals surface area contributed by atoms with Crippen molar-refractivity contribution in [2.24, 2.45) is 0 Å². The number of aromatic nitrogens is 4. The van der Waals surface area contributed by atoms with Gasteiger partial charge < -0.3 is 24.0 Å². The molecule has 5 nitrogen and oxygen atoms in total. The molecule has 0 spiro atoms. The van der Waals surface area contributed by atoms with Gasteiger partial charge in [-0.2, -0.15) is 0 Å². The second-order valence-electron chi connectivity index (χ2n) is 14.1. The van der Waals surface area contributed by atoms with Crippen LogP contribution in [0.15, 0.2) is 200 Å². The van der Waals surface area contributed by atoms with Crippen LogP contribution in [0.5, 0.6) is 0 Å². The Morgan fingerprint density at radius 2 is 0.867 bits per heavy atom. The zero-order valence-corrected chi connectivity index (χ0v) is 35.4. The second kappa shape index (κ2) is 16.7. The molecule has 11 aromatic rings. The number of fused-ring (bicyclic) bond motifs is 6. The first-order chi connectivity index (χ1) is 29.3. The summed E-state index contributed by atoms with van der Waals surface area (Å²) in [5.41, 5.74) is 13.2. The van der Waals surface area contributed by atoms with Gasteiger partial charge in [0.2, 0.25) is 0 Å². The molecule has 0 fully saturated rings. The maximum atomic E-state index is 4.62. The minimum absolute atomic E-state index is 0. The molecule has 0 aliphatic rings. The Labute approximate surface area is 364 Å². The Balaban J connectivity index is 0.00000152. The van der Waals surface area contributed by atoms with Gasteiger partial charge in [0.05, 0.1) is 22.1 Å². The number of pyridine rings is 2. The number of hydrogen-bond donors (Lipinski definition) is 0. The Morgan fingerprint density at radius 3 is 1.37 bits per heavy atom. The SMILES string of the molecule is CC.[Pt+2].[c-]1c(-c2ccccn2)cccc1N(c1[c-]c(-c2ccccn2)ccc1)c1ccc(-n2c3ccccc3c3cc4c5ccccc5n(-c5ccccc5)c4cc32)cc1. The average Bonchev–Trinajstić information content (AvgIpc) is 3.82. The minimum atomic E-state index is 0. The Bertz CT molecular complexity index is 3150. The normalized spacial score (nSPS) is 11.0. The minimum Gasteiger partial charge on any atom is -0.346 e. The summed E-state index contributed by atoms with van der Waals surface area (Å²) in [7, 11) is 0. The monoisotopic (exact) mass is 952 g/mol. The first kappa shape index (κ1) is 38.4. The summed E-state index contributed by atoms with van der Waals surface area (Å²) in [4.78, 5) is 11.4. The van der Waals surface area contributed by atoms with Crippen LogP contribution in [-0.4, -0.2) is 19.1 Å². The zero-order chi connectivity index (χ0) is 39.7. The molecule has 0 amide bonds. The number of nitrogens with zero attached hydrogens (tertiary/aromatic N) is 5. The molecule has 290 valence electrons. The standard InChI is InChI=1S/C52H33N5.C2H6.Pt/c1-2-16-38(17-3-1)56-49-24-6-4-20-43(49)45-34-46-44-21-5-7-25-50(44)57(52(46)35-51(45)56)40-28-26-39(27-29-40)55(41-18-12-14-36(32-41)47-22-8-10-30-53-47)42-19-13-15-37(33-42)48-23-9-11-31-54-48;1-2;/h1-31,34-35H;1-2H3;/q-2;;+2. The van der Waals surface area contributed by atoms with Crippen molar-refractivity contribution in [2.45, 2.75) is 13.8 Å². The zero-order valence-electron chi connectivity index (χ0n) is 33.1. The number of rotatable bonds is 7. The Hall–Kier alpha value is -7.07. The topological polar surface area (TPSA) is 38.9 Å². The van der Waals surface area contributed by atoms with Gasteiger partial charge in [0.25, 0.3) is 0 Å². The third-order valence-electron chi connectivity index (χ3n) is 10.8. The summed E-state index contributed by atoms with van der Waals surface area (Å²) in [5, 5.41) is 4.93. The van der Waals surface area contributed by atoms with Crippen LogP contribution in [0.3, 0.4) is 0 Å². The fourth-order valence-electron chi connectivity index (χ4n) is 8.24. The van der Waals surface area contributed by atoms with Crippen LogP contribution in [0.25, 0.3) is 77.5 Å². The molecule has 0 radical (unpaired) electrons. The van der Waals surface area contributed by atoms with Crippen molar-refractivity contribution in [3.8, 4) is 33.9 Å². The van der Waals surface area contributed by atoms with Gasteiger partial charge in [0.15, 0.2) is 0 Å². The summed E-state index contributed by atoms with van der Waals surface area (Å²) >= 11 is 0. The summed E-state index contributed by atoms with van der Waals surface area (Å²) in [6.07, 6.45) is 3.63. The number of para-hydroxylation sites is 3. The third-order valence-corrected chi connectivity index (χ3v) is 10.8. The van der Waals surface area contributed by atoms with E-state index in [0.29, 0.717) is 0 Å². The van der Waals surface area contributed by atoms with Gasteiger partial charge in [-0.3, -0.25) is 0 Å². The van der Waals surface area contributed by atoms with Gasteiger partial charge >= 0.3 is 21.1 Å². The maximum Gasteiger partial charge on any atom is 2.00 e. The van der Waals surface area contributed by atoms with E-state index in [9.17, 15) is 0 Å². The van der Waals surface area contributed by atoms with E-state index < -0.39 is 0 Å². The van der Waals surface area contributed by atoms with Gasteiger partial charge in [-0.15, -0.1) is 59.7 Å². The van der Waals surface area contributed by atoms with Gasteiger partial charge in [-0.05, 0) is 95.6 Å². The average molecular weight is 953 g/mol. The summed E-state index contributed by atoms with van der Waals surface area (Å²) in [6.45, 7) is 4.00. The smallest absolute Gasteiger partial charge is 0.346 e. The van der Waals surface area contributed by atoms with E-state index >= 15 is 0 Å². The van der Waals surface area contributed by atoms with Crippen molar-refractivity contribution >= 4 is 60.7 Å². The molecule has 0 N–H and O–H groups in total. The van der Waals surface area contributed by atoms with Crippen molar-refractivity contribution in [3.63, 3.8) is 0 Å². The Morgan fingerprint density at radius 1 is 0.400 bits per heavy atom. The molecule has 0 saturated heterocycles. The Kier molecular flexibility index (Phi) is 10.7. The molecule has 60 heavy (non-hydrogen) atoms. The van der Waals surface area contributed by atoms with Crippen LogP contribution in [0, 0.1) is 12.1 Å². The molecule has 0 saturated carbocycles. The number of hydrogen-bond acceptors (Lipinski definition) is 3. The molecule has 4 aromatic heterocycles. The molecule has 0 bridgehead atoms. The van der Waals surface area contributed by atoms with Crippen LogP contribution in [0.1, 0.15) is 13.8 Å². The van der Waals surface area contributed by atoms with Crippen LogP contribution in [0.4, 0.5) is 17.1 Å². The molecule has 7 aromatic carbocycles. The van der Waals surface area contributed by atoms with E-state index in [1.165, 1.54) is 32.6 Å². The third kappa shape index (κ3) is 6.77. The largest absolute Gasteiger partial charge is 2.00 e. The van der Waals surface area contributed by atoms with E-state index in [1.807, 2.05) is 62.6 Å². The van der Waals surface area contributed by atoms with Crippen LogP contribution >= 0.6 is 0 Å². The molecular formula is C54H39N5Pt. The summed E-state index contributed by atoms with van der Waals surface area (Å²) < 4.78 is 4.78. The fraction of sp³-hybridized carbons (Fsp3) is 0.0370. The number of anilines is 3. The van der Waals surface area contributed by atoms with Crippen molar-refractivity contribution in [1.82, 2.24) is 19.1 Å². The molecular weight excluding hydrogens is 914 g/mol. The van der Waals surface area contributed by atoms with Crippen LogP contribution in [-0.2, 0) is 21.1 Å². The first-order valence-corrected chi connectivity index (χ1v) is 20.1. The molecule has 4 heterocycles. The van der Waals surface area contributed by atoms with Gasteiger partial charge in [0, 0.05) is 51.0 Å². The fourth-order valence-corrected chi connectivity index (χ4v) is 8.24. The summed E-state index contributed by atoms with van der Waals surface area (Å²) in [6, 6.07) is 73.3. The van der Waals surface area contributed by atoms with Gasteiger partial charge in [-0.25, -0.2) is 0 Å². The van der Waals surface area contributed by atoms with E-state index in [0.717, 1.165) is 62.0 Å². The summed E-state index contributed by atoms with van der Waals surface area (Å²) in [5.74, 6) is 0. The molecule has 0 aliphatic carbocycles. The van der Waals surface area contributed by atoms with Crippen LogP contribution < -0.4 is 4.90 Å². The van der Waals surface area contributed by atoms with E-state index in [1.54, 1.807) is 0 Å². The van der Waals surface area contributed by atoms with Crippen LogP contribution in [0.2, 0.25) is 0 Å².